The van der Waals surface area contributed by atoms with Crippen LogP contribution in [-0.2, 0) is 0 Å². The van der Waals surface area contributed by atoms with Gasteiger partial charge in [0, 0.05) is 20.0 Å². The summed E-state index contributed by atoms with van der Waals surface area (Å²) < 4.78 is 35.1. The van der Waals surface area contributed by atoms with Crippen molar-refractivity contribution in [2.45, 2.75) is 0 Å². The van der Waals surface area contributed by atoms with Crippen LogP contribution in [0.5, 0.6) is 11.5 Å². The van der Waals surface area contributed by atoms with Crippen molar-refractivity contribution < 1.29 is 13.5 Å². The van der Waals surface area contributed by atoms with Crippen molar-refractivity contribution in [3.05, 3.63) is 93.2 Å². The number of nitrogens with zero attached hydrogens (tertiary/aromatic N) is 4. The maximum absolute atomic E-state index is 13.5. The van der Waals surface area contributed by atoms with Crippen LogP contribution in [0.3, 0.4) is 0 Å². The van der Waals surface area contributed by atoms with E-state index in [9.17, 15) is 8.78 Å². The van der Waals surface area contributed by atoms with Gasteiger partial charge in [-0.15, -0.1) is 5.10 Å². The van der Waals surface area contributed by atoms with Crippen LogP contribution in [0.1, 0.15) is 0 Å². The molecule has 0 spiro atoms. The number of aromatic nitrogens is 4. The molecular weight excluding hydrogens is 549 g/mol. The summed E-state index contributed by atoms with van der Waals surface area (Å²) in [5.74, 6) is -0.598. The van der Waals surface area contributed by atoms with Crippen molar-refractivity contribution in [3.63, 3.8) is 0 Å². The Balaban J connectivity index is 1.48. The van der Waals surface area contributed by atoms with Gasteiger partial charge in [0.05, 0.1) is 23.1 Å². The zero-order chi connectivity index (χ0) is 22.2. The van der Waals surface area contributed by atoms with Crippen molar-refractivity contribution in [2.24, 2.45) is 0 Å². The van der Waals surface area contributed by atoms with Gasteiger partial charge in [-0.25, -0.2) is 18.4 Å². The molecule has 158 valence electrons. The SMILES string of the molecule is Fc1ccc(-n2cc(-c3ccc4c(Oc5cc(Cl)cc(I)c5)cccc4n3)nn2)cc1F. The van der Waals surface area contributed by atoms with Gasteiger partial charge in [0.2, 0.25) is 0 Å². The molecule has 0 aliphatic carbocycles. The third-order valence-electron chi connectivity index (χ3n) is 4.68. The van der Waals surface area contributed by atoms with E-state index in [1.54, 1.807) is 18.3 Å². The minimum atomic E-state index is -0.953. The fourth-order valence-electron chi connectivity index (χ4n) is 3.21. The van der Waals surface area contributed by atoms with Crippen molar-refractivity contribution in [3.8, 4) is 28.6 Å². The molecule has 0 atom stereocenters. The maximum Gasteiger partial charge on any atom is 0.160 e. The normalized spacial score (nSPS) is 11.1. The summed E-state index contributed by atoms with van der Waals surface area (Å²) in [6.07, 6.45) is 1.61. The molecule has 0 saturated carbocycles. The molecule has 3 aromatic carbocycles. The van der Waals surface area contributed by atoms with Crippen LogP contribution in [0.2, 0.25) is 5.02 Å². The van der Waals surface area contributed by atoms with Gasteiger partial charge in [0.1, 0.15) is 17.2 Å². The molecule has 0 fully saturated rings. The van der Waals surface area contributed by atoms with Crippen LogP contribution in [0, 0.1) is 15.2 Å². The average molecular weight is 561 g/mol. The Morgan fingerprint density at radius 2 is 1.78 bits per heavy atom. The van der Waals surface area contributed by atoms with E-state index in [2.05, 4.69) is 37.9 Å². The molecule has 0 radical (unpaired) electrons. The number of rotatable bonds is 4. The second kappa shape index (κ2) is 8.44. The van der Waals surface area contributed by atoms with Gasteiger partial charge in [-0.1, -0.05) is 22.9 Å². The topological polar surface area (TPSA) is 52.8 Å². The summed E-state index contributed by atoms with van der Waals surface area (Å²) in [4.78, 5) is 4.66. The highest BCUT2D eigenvalue weighted by atomic mass is 127. The predicted octanol–water partition coefficient (Wildman–Crippen LogP) is 6.81. The molecular formula is C23H12ClF2IN4O. The first-order chi connectivity index (χ1) is 15.5. The van der Waals surface area contributed by atoms with E-state index in [1.807, 2.05) is 36.4 Å². The van der Waals surface area contributed by atoms with E-state index in [0.717, 1.165) is 21.1 Å². The monoisotopic (exact) mass is 560 g/mol. The minimum Gasteiger partial charge on any atom is -0.457 e. The predicted molar refractivity (Wildman–Crippen MR) is 126 cm³/mol. The Labute approximate surface area is 199 Å². The van der Waals surface area contributed by atoms with Gasteiger partial charge in [0.15, 0.2) is 11.6 Å². The summed E-state index contributed by atoms with van der Waals surface area (Å²) in [6, 6.07) is 18.3. The van der Waals surface area contributed by atoms with E-state index in [4.69, 9.17) is 16.3 Å². The zero-order valence-corrected chi connectivity index (χ0v) is 19.1. The Morgan fingerprint density at radius 1 is 0.906 bits per heavy atom. The van der Waals surface area contributed by atoms with Crippen molar-refractivity contribution >= 4 is 45.1 Å². The van der Waals surface area contributed by atoms with E-state index >= 15 is 0 Å². The number of benzene rings is 3. The molecule has 2 heterocycles. The number of halogens is 4. The first-order valence-corrected chi connectivity index (χ1v) is 10.8. The molecule has 0 saturated heterocycles. The summed E-state index contributed by atoms with van der Waals surface area (Å²) in [5, 5.41) is 9.53. The lowest BCUT2D eigenvalue weighted by Crippen LogP contribution is -1.96. The van der Waals surface area contributed by atoms with Crippen LogP contribution in [0.15, 0.2) is 72.9 Å². The molecule has 0 aliphatic rings. The lowest BCUT2D eigenvalue weighted by Gasteiger charge is -2.10. The molecule has 2 aromatic heterocycles. The van der Waals surface area contributed by atoms with Gasteiger partial charge in [-0.05, 0) is 77.2 Å². The maximum atomic E-state index is 13.5. The van der Waals surface area contributed by atoms with Gasteiger partial charge in [0.25, 0.3) is 0 Å². The highest BCUT2D eigenvalue weighted by Crippen LogP contribution is 2.32. The Kier molecular flexibility index (Phi) is 5.48. The van der Waals surface area contributed by atoms with Crippen LogP contribution in [0.4, 0.5) is 8.78 Å². The van der Waals surface area contributed by atoms with Crippen LogP contribution in [-0.4, -0.2) is 20.0 Å². The third-order valence-corrected chi connectivity index (χ3v) is 5.52. The van der Waals surface area contributed by atoms with Crippen molar-refractivity contribution in [2.75, 3.05) is 0 Å². The zero-order valence-electron chi connectivity index (χ0n) is 16.1. The number of fused-ring (bicyclic) bond motifs is 1. The second-order valence-electron chi connectivity index (χ2n) is 6.87. The first kappa shape index (κ1) is 20.8. The fourth-order valence-corrected chi connectivity index (χ4v) is 4.26. The van der Waals surface area contributed by atoms with Gasteiger partial charge in [-0.2, -0.15) is 0 Å². The number of ether oxygens (including phenoxy) is 1. The second-order valence-corrected chi connectivity index (χ2v) is 8.56. The molecule has 5 aromatic rings. The lowest BCUT2D eigenvalue weighted by molar-refractivity contribution is 0.488. The highest BCUT2D eigenvalue weighted by molar-refractivity contribution is 14.1. The molecule has 0 unspecified atom stereocenters. The van der Waals surface area contributed by atoms with Gasteiger partial charge < -0.3 is 4.74 Å². The largest absolute Gasteiger partial charge is 0.457 e. The Hall–Kier alpha value is -3.11. The fraction of sp³-hybridized carbons (Fsp3) is 0. The standard InChI is InChI=1S/C23H12ClF2IN4O/c24-13-8-14(27)10-16(9-13)32-23-3-1-2-20-17(23)5-7-21(28-20)22-12-31(30-29-22)15-4-6-18(25)19(26)11-15/h1-12H. The molecule has 5 rings (SSSR count). The smallest absolute Gasteiger partial charge is 0.160 e. The summed E-state index contributed by atoms with van der Waals surface area (Å²) in [7, 11) is 0. The molecule has 0 aliphatic heterocycles. The van der Waals surface area contributed by atoms with E-state index < -0.39 is 11.6 Å². The van der Waals surface area contributed by atoms with Crippen LogP contribution in [0.25, 0.3) is 28.0 Å². The first-order valence-electron chi connectivity index (χ1n) is 9.38. The average Bonchev–Trinajstić information content (AvgIpc) is 3.25. The van der Waals surface area contributed by atoms with Crippen molar-refractivity contribution in [1.29, 1.82) is 0 Å². The van der Waals surface area contributed by atoms with Crippen molar-refractivity contribution in [1.82, 2.24) is 20.0 Å². The minimum absolute atomic E-state index is 0.357. The lowest BCUT2D eigenvalue weighted by atomic mass is 10.1. The molecule has 0 N–H and O–H groups in total. The van der Waals surface area contributed by atoms with E-state index in [1.165, 1.54) is 10.7 Å². The van der Waals surface area contributed by atoms with Gasteiger partial charge in [-0.3, -0.25) is 0 Å². The van der Waals surface area contributed by atoms with Crippen LogP contribution >= 0.6 is 34.2 Å². The molecule has 0 bridgehead atoms. The number of hydrogen-bond donors (Lipinski definition) is 0. The number of hydrogen-bond acceptors (Lipinski definition) is 4. The quantitative estimate of drug-likeness (QED) is 0.227. The summed E-state index contributed by atoms with van der Waals surface area (Å²) in [5.41, 5.74) is 2.14. The molecule has 5 nitrogen and oxygen atoms in total. The van der Waals surface area contributed by atoms with Crippen LogP contribution < -0.4 is 4.74 Å². The third kappa shape index (κ3) is 4.15. The molecule has 0 amide bonds. The Bertz CT molecular complexity index is 1450. The van der Waals surface area contributed by atoms with E-state index in [0.29, 0.717) is 39.1 Å². The number of pyridine rings is 1. The van der Waals surface area contributed by atoms with E-state index in [-0.39, 0.29) is 0 Å². The summed E-state index contributed by atoms with van der Waals surface area (Å²) >= 11 is 8.32. The molecule has 32 heavy (non-hydrogen) atoms. The highest BCUT2D eigenvalue weighted by Gasteiger charge is 2.12. The summed E-state index contributed by atoms with van der Waals surface area (Å²) in [6.45, 7) is 0. The molecule has 9 heteroatoms. The van der Waals surface area contributed by atoms with Gasteiger partial charge >= 0.3 is 0 Å². The Morgan fingerprint density at radius 3 is 2.59 bits per heavy atom.